The molecular weight excluding hydrogens is 156 g/mol. The van der Waals surface area contributed by atoms with E-state index in [0.717, 1.165) is 0 Å². The minimum Gasteiger partial charge on any atom is -0.393 e. The van der Waals surface area contributed by atoms with Crippen LogP contribution < -0.4 is 0 Å². The standard InChI is InChI=1S/C9H14O3/c1-4-6-7(5(2)3)9(11)12-8(6)10/h5-7H,4H2,1-3H3. The number of esters is 2. The molecule has 0 N–H and O–H groups in total. The van der Waals surface area contributed by atoms with E-state index in [9.17, 15) is 9.59 Å². The van der Waals surface area contributed by atoms with E-state index in [0.29, 0.717) is 6.42 Å². The predicted molar refractivity (Wildman–Crippen MR) is 43.2 cm³/mol. The number of rotatable bonds is 2. The second-order valence-corrected chi connectivity index (χ2v) is 3.52. The van der Waals surface area contributed by atoms with Crippen molar-refractivity contribution in [1.29, 1.82) is 0 Å². The van der Waals surface area contributed by atoms with Gasteiger partial charge < -0.3 is 4.74 Å². The van der Waals surface area contributed by atoms with E-state index in [4.69, 9.17) is 0 Å². The van der Waals surface area contributed by atoms with Crippen molar-refractivity contribution in [3.63, 3.8) is 0 Å². The quantitative estimate of drug-likeness (QED) is 0.464. The second-order valence-electron chi connectivity index (χ2n) is 3.52. The molecule has 0 aliphatic carbocycles. The molecule has 1 rings (SSSR count). The molecule has 1 aliphatic rings. The molecule has 2 atom stereocenters. The van der Waals surface area contributed by atoms with Gasteiger partial charge in [-0.1, -0.05) is 20.8 Å². The molecule has 1 fully saturated rings. The normalized spacial score (nSPS) is 29.7. The summed E-state index contributed by atoms with van der Waals surface area (Å²) in [4.78, 5) is 22.2. The third-order valence-corrected chi connectivity index (χ3v) is 2.37. The van der Waals surface area contributed by atoms with Gasteiger partial charge in [-0.2, -0.15) is 0 Å². The lowest BCUT2D eigenvalue weighted by atomic mass is 9.84. The highest BCUT2D eigenvalue weighted by molar-refractivity contribution is 5.96. The predicted octanol–water partition coefficient (Wildman–Crippen LogP) is 1.37. The average molecular weight is 170 g/mol. The van der Waals surface area contributed by atoms with Crippen molar-refractivity contribution in [2.45, 2.75) is 27.2 Å². The molecule has 2 unspecified atom stereocenters. The van der Waals surface area contributed by atoms with E-state index in [-0.39, 0.29) is 29.7 Å². The van der Waals surface area contributed by atoms with Gasteiger partial charge in [0, 0.05) is 0 Å². The summed E-state index contributed by atoms with van der Waals surface area (Å²) in [5.41, 5.74) is 0. The maximum atomic E-state index is 11.2. The molecule has 3 heteroatoms. The molecule has 12 heavy (non-hydrogen) atoms. The van der Waals surface area contributed by atoms with E-state index < -0.39 is 0 Å². The molecule has 0 saturated carbocycles. The van der Waals surface area contributed by atoms with Crippen molar-refractivity contribution < 1.29 is 14.3 Å². The van der Waals surface area contributed by atoms with Crippen molar-refractivity contribution >= 4 is 11.9 Å². The van der Waals surface area contributed by atoms with Crippen molar-refractivity contribution in [1.82, 2.24) is 0 Å². The molecule has 0 aromatic rings. The Morgan fingerprint density at radius 2 is 1.92 bits per heavy atom. The topological polar surface area (TPSA) is 43.4 Å². The maximum Gasteiger partial charge on any atom is 0.317 e. The van der Waals surface area contributed by atoms with Crippen LogP contribution in [0.4, 0.5) is 0 Å². The van der Waals surface area contributed by atoms with E-state index >= 15 is 0 Å². The first-order valence-corrected chi connectivity index (χ1v) is 4.33. The Hall–Kier alpha value is -0.860. The highest BCUT2D eigenvalue weighted by Crippen LogP contribution is 2.31. The minimum atomic E-state index is -0.346. The fourth-order valence-corrected chi connectivity index (χ4v) is 1.71. The number of hydrogen-bond donors (Lipinski definition) is 0. The van der Waals surface area contributed by atoms with Crippen LogP contribution in [0.25, 0.3) is 0 Å². The molecule has 0 spiro atoms. The first-order chi connectivity index (χ1) is 5.57. The first-order valence-electron chi connectivity index (χ1n) is 4.33. The van der Waals surface area contributed by atoms with E-state index in [1.165, 1.54) is 0 Å². The van der Waals surface area contributed by atoms with Gasteiger partial charge in [-0.05, 0) is 12.3 Å². The zero-order valence-electron chi connectivity index (χ0n) is 7.66. The van der Waals surface area contributed by atoms with Crippen LogP contribution in [-0.4, -0.2) is 11.9 Å². The number of hydrogen-bond acceptors (Lipinski definition) is 3. The van der Waals surface area contributed by atoms with E-state index in [2.05, 4.69) is 4.74 Å². The largest absolute Gasteiger partial charge is 0.393 e. The number of ether oxygens (including phenoxy) is 1. The monoisotopic (exact) mass is 170 g/mol. The van der Waals surface area contributed by atoms with Crippen molar-refractivity contribution in [3.05, 3.63) is 0 Å². The molecular formula is C9H14O3. The lowest BCUT2D eigenvalue weighted by Crippen LogP contribution is -2.22. The van der Waals surface area contributed by atoms with Crippen LogP contribution in [0.1, 0.15) is 27.2 Å². The highest BCUT2D eigenvalue weighted by atomic mass is 16.6. The van der Waals surface area contributed by atoms with Gasteiger partial charge in [0.15, 0.2) is 0 Å². The average Bonchev–Trinajstić information content (AvgIpc) is 2.24. The lowest BCUT2D eigenvalue weighted by Gasteiger charge is -2.14. The van der Waals surface area contributed by atoms with Crippen LogP contribution >= 0.6 is 0 Å². The second kappa shape index (κ2) is 3.25. The summed E-state index contributed by atoms with van der Waals surface area (Å²) < 4.78 is 4.56. The Kier molecular flexibility index (Phi) is 2.50. The van der Waals surface area contributed by atoms with Gasteiger partial charge in [0.05, 0.1) is 11.8 Å². The molecule has 0 amide bonds. The Balaban J connectivity index is 2.82. The first kappa shape index (κ1) is 9.23. The summed E-state index contributed by atoms with van der Waals surface area (Å²) >= 11 is 0. The Morgan fingerprint density at radius 1 is 1.33 bits per heavy atom. The van der Waals surface area contributed by atoms with Crippen LogP contribution in [0.5, 0.6) is 0 Å². The van der Waals surface area contributed by atoms with Crippen molar-refractivity contribution in [2.75, 3.05) is 0 Å². The van der Waals surface area contributed by atoms with Crippen molar-refractivity contribution in [3.8, 4) is 0 Å². The third kappa shape index (κ3) is 1.36. The number of carbonyl (C=O) groups excluding carboxylic acids is 2. The van der Waals surface area contributed by atoms with Crippen LogP contribution in [0.2, 0.25) is 0 Å². The van der Waals surface area contributed by atoms with Crippen LogP contribution in [0, 0.1) is 17.8 Å². The molecule has 0 bridgehead atoms. The fourth-order valence-electron chi connectivity index (χ4n) is 1.71. The highest BCUT2D eigenvalue weighted by Gasteiger charge is 2.44. The molecule has 0 radical (unpaired) electrons. The molecule has 68 valence electrons. The summed E-state index contributed by atoms with van der Waals surface area (Å²) in [5, 5.41) is 0. The molecule has 1 aliphatic heterocycles. The lowest BCUT2D eigenvalue weighted by molar-refractivity contribution is -0.154. The Labute approximate surface area is 72.1 Å². The third-order valence-electron chi connectivity index (χ3n) is 2.37. The van der Waals surface area contributed by atoms with Gasteiger partial charge in [-0.3, -0.25) is 9.59 Å². The fraction of sp³-hybridized carbons (Fsp3) is 0.778. The molecule has 1 heterocycles. The Bertz CT molecular complexity index is 208. The van der Waals surface area contributed by atoms with Gasteiger partial charge in [-0.25, -0.2) is 0 Å². The number of carbonyl (C=O) groups is 2. The Morgan fingerprint density at radius 3 is 2.25 bits per heavy atom. The maximum absolute atomic E-state index is 11.2. The molecule has 0 aromatic carbocycles. The zero-order chi connectivity index (χ0) is 9.30. The summed E-state index contributed by atoms with van der Waals surface area (Å²) in [6, 6.07) is 0. The summed E-state index contributed by atoms with van der Waals surface area (Å²) in [7, 11) is 0. The van der Waals surface area contributed by atoms with Gasteiger partial charge >= 0.3 is 11.9 Å². The molecule has 1 saturated heterocycles. The van der Waals surface area contributed by atoms with Gasteiger partial charge in [0.25, 0.3) is 0 Å². The van der Waals surface area contributed by atoms with Gasteiger partial charge in [-0.15, -0.1) is 0 Å². The van der Waals surface area contributed by atoms with Gasteiger partial charge in [0.2, 0.25) is 0 Å². The van der Waals surface area contributed by atoms with Crippen molar-refractivity contribution in [2.24, 2.45) is 17.8 Å². The van der Waals surface area contributed by atoms with E-state index in [1.54, 1.807) is 0 Å². The van der Waals surface area contributed by atoms with Crippen LogP contribution in [-0.2, 0) is 14.3 Å². The van der Waals surface area contributed by atoms with Gasteiger partial charge in [0.1, 0.15) is 0 Å². The smallest absolute Gasteiger partial charge is 0.317 e. The summed E-state index contributed by atoms with van der Waals surface area (Å²) in [5.74, 6) is -0.933. The number of cyclic esters (lactones) is 2. The SMILES string of the molecule is CCC1C(=O)OC(=O)C1C(C)C. The van der Waals surface area contributed by atoms with Crippen LogP contribution in [0.3, 0.4) is 0 Å². The minimum absolute atomic E-state index is 0.189. The zero-order valence-corrected chi connectivity index (χ0v) is 7.66. The molecule has 0 aromatic heterocycles. The molecule has 3 nitrogen and oxygen atoms in total. The summed E-state index contributed by atoms with van der Waals surface area (Å²) in [6.45, 7) is 5.78. The summed E-state index contributed by atoms with van der Waals surface area (Å²) in [6.07, 6.45) is 0.688. The van der Waals surface area contributed by atoms with Crippen LogP contribution in [0.15, 0.2) is 0 Å². The van der Waals surface area contributed by atoms with E-state index in [1.807, 2.05) is 20.8 Å².